The van der Waals surface area contributed by atoms with Gasteiger partial charge in [-0.1, -0.05) is 236 Å². The van der Waals surface area contributed by atoms with Crippen LogP contribution in [0.25, 0.3) is 0 Å². The van der Waals surface area contributed by atoms with Gasteiger partial charge in [0.05, 0.1) is 12.2 Å². The highest BCUT2D eigenvalue weighted by molar-refractivity contribution is 6.26. The van der Waals surface area contributed by atoms with E-state index in [0.29, 0.717) is 77.2 Å². The quantitative estimate of drug-likeness (QED) is 0.0180. The van der Waals surface area contributed by atoms with Gasteiger partial charge in [0.2, 0.25) is 0 Å². The molecule has 0 bridgehead atoms. The number of halogens is 2. The Hall–Kier alpha value is -8.05. The van der Waals surface area contributed by atoms with Crippen molar-refractivity contribution in [2.75, 3.05) is 31.6 Å². The number of hydrogen-bond donors (Lipinski definition) is 3. The van der Waals surface area contributed by atoms with Crippen molar-refractivity contribution < 1.29 is 72.5 Å². The highest BCUT2D eigenvalue weighted by Crippen LogP contribution is 2.30. The molecule has 0 saturated heterocycles. The number of carbonyl (C=O) groups is 5. The van der Waals surface area contributed by atoms with Gasteiger partial charge in [-0.05, 0) is 229 Å². The van der Waals surface area contributed by atoms with Gasteiger partial charge in [0.25, 0.3) is 0 Å². The molecule has 0 fully saturated rings. The van der Waals surface area contributed by atoms with E-state index in [1.807, 2.05) is 161 Å². The van der Waals surface area contributed by atoms with Gasteiger partial charge in [-0.25, -0.2) is 4.79 Å². The summed E-state index contributed by atoms with van der Waals surface area (Å²) >= 11 is 10.9. The number of benzene rings is 7. The van der Waals surface area contributed by atoms with Gasteiger partial charge >= 0.3 is 29.8 Å². The van der Waals surface area contributed by atoms with E-state index < -0.39 is 5.97 Å². The lowest BCUT2D eigenvalue weighted by atomic mass is 9.87. The van der Waals surface area contributed by atoms with Crippen LogP contribution in [0.1, 0.15) is 287 Å². The zero-order chi connectivity index (χ0) is 85.5. The van der Waals surface area contributed by atoms with Crippen molar-refractivity contribution >= 4 is 53.0 Å². The van der Waals surface area contributed by atoms with Crippen LogP contribution in [-0.2, 0) is 60.5 Å². The van der Waals surface area contributed by atoms with Crippen LogP contribution in [0.15, 0.2) is 170 Å². The molecule has 0 aliphatic rings. The molecule has 7 aromatic rings. The molecule has 3 N–H and O–H groups in total. The molecule has 7 aromatic carbocycles. The number of phenolic OH excluding ortho intramolecular Hbond substituents is 2. The fourth-order valence-corrected chi connectivity index (χ4v) is 10.1. The number of carbonyl (C=O) groups excluding carboxylic acids is 5. The molecule has 0 saturated carbocycles. The fraction of sp³-hybridized carbons (Fsp3) is 0.510. The van der Waals surface area contributed by atoms with Crippen LogP contribution < -0.4 is 23.7 Å². The van der Waals surface area contributed by atoms with Crippen molar-refractivity contribution in [1.29, 1.82) is 0 Å². The van der Waals surface area contributed by atoms with Crippen LogP contribution in [0.2, 0.25) is 0 Å². The van der Waals surface area contributed by atoms with E-state index >= 15 is 0 Å². The Balaban J connectivity index is 0.000000666. The largest absolute Gasteiger partial charge is 0.508 e. The third-order valence-corrected chi connectivity index (χ3v) is 17.5. The summed E-state index contributed by atoms with van der Waals surface area (Å²) in [6.45, 7) is 49.5. The van der Waals surface area contributed by atoms with E-state index in [4.69, 9.17) is 71.7 Å². The molecule has 15 nitrogen and oxygen atoms in total. The van der Waals surface area contributed by atoms with Gasteiger partial charge in [-0.15, -0.1) is 23.2 Å². The van der Waals surface area contributed by atoms with E-state index in [2.05, 4.69) is 132 Å². The minimum Gasteiger partial charge on any atom is -0.508 e. The number of aliphatic hydroxyl groups excluding tert-OH is 1. The maximum Gasteiger partial charge on any atom is 0.337 e. The Kier molecular flexibility index (Phi) is 49.1. The minimum absolute atomic E-state index is 0.0152. The molecule has 0 amide bonds. The number of phenols is 2. The fourth-order valence-electron chi connectivity index (χ4n) is 9.90. The number of esters is 5. The number of aromatic hydroxyl groups is 2. The molecule has 0 atom stereocenters. The summed E-state index contributed by atoms with van der Waals surface area (Å²) in [5.74, 6) is 3.79. The normalized spacial score (nSPS) is 11.3. The first kappa shape index (κ1) is 103. The summed E-state index contributed by atoms with van der Waals surface area (Å²) < 4.78 is 36.6. The Morgan fingerprint density at radius 2 is 0.558 bits per heavy atom. The first-order chi connectivity index (χ1) is 52.8. The Labute approximate surface area is 689 Å². The van der Waals surface area contributed by atoms with Crippen LogP contribution in [-0.4, -0.2) is 89.0 Å². The second kappa shape index (κ2) is 53.9. The minimum atomic E-state index is -0.430. The molecule has 113 heavy (non-hydrogen) atoms. The molecule has 0 aliphatic carbocycles. The molecular formula is C96H138Cl2O15. The van der Waals surface area contributed by atoms with Crippen molar-refractivity contribution in [3.8, 4) is 40.2 Å². The number of unbranched alkanes of at least 4 members (excludes halogenated alkanes) is 6. The molecule has 0 aromatic heterocycles. The molecule has 7 rings (SSSR count). The van der Waals surface area contributed by atoms with Crippen LogP contribution >= 0.6 is 23.2 Å². The Bertz CT molecular complexity index is 3660. The van der Waals surface area contributed by atoms with Gasteiger partial charge in [-0.2, -0.15) is 0 Å². The Morgan fingerprint density at radius 1 is 0.310 bits per heavy atom. The smallest absolute Gasteiger partial charge is 0.337 e. The van der Waals surface area contributed by atoms with Crippen LogP contribution in [0, 0.1) is 0 Å². The predicted octanol–water partition coefficient (Wildman–Crippen LogP) is 24.5. The SMILES string of the molecule is CC(C)(C)c1ccc(O)cc1.CC(C)(C)c1ccc(O)cc1.CC(C)(C)c1ccc(OC(=O)CCCCCCl)cc1.CC(C)(C)c1ccc(OC(=O)CCl)cc1.CC(C)OCC(=O)Oc1ccc(C(C)(C)C)cc1.CC(C)OCCCCCC(=O)Oc1ccc(C(C)C)cc1.CC(C)c1ccc(OC(=O)CCCCCO)cc1. The van der Waals surface area contributed by atoms with Crippen LogP contribution in [0.4, 0.5) is 0 Å². The first-order valence-electron chi connectivity index (χ1n) is 39.9. The van der Waals surface area contributed by atoms with Gasteiger partial charge < -0.3 is 48.5 Å². The maximum atomic E-state index is 11.7. The van der Waals surface area contributed by atoms with E-state index in [1.54, 1.807) is 36.4 Å². The van der Waals surface area contributed by atoms with Crippen molar-refractivity contribution in [1.82, 2.24) is 0 Å². The summed E-state index contributed by atoms with van der Waals surface area (Å²) in [7, 11) is 0. The van der Waals surface area contributed by atoms with Crippen molar-refractivity contribution in [2.45, 2.75) is 287 Å². The highest BCUT2D eigenvalue weighted by atomic mass is 35.5. The van der Waals surface area contributed by atoms with Crippen molar-refractivity contribution in [2.24, 2.45) is 0 Å². The predicted molar refractivity (Wildman–Crippen MR) is 464 cm³/mol. The van der Waals surface area contributed by atoms with E-state index in [-0.39, 0.29) is 82.3 Å². The number of hydrogen-bond acceptors (Lipinski definition) is 15. The van der Waals surface area contributed by atoms with Crippen molar-refractivity contribution in [3.05, 3.63) is 209 Å². The van der Waals surface area contributed by atoms with Gasteiger partial charge in [0, 0.05) is 38.4 Å². The summed E-state index contributed by atoms with van der Waals surface area (Å²) in [4.78, 5) is 57.2. The number of ether oxygens (including phenoxy) is 7. The monoisotopic (exact) mass is 1600 g/mol. The summed E-state index contributed by atoms with van der Waals surface area (Å²) in [6, 6.07) is 52.9. The van der Waals surface area contributed by atoms with Gasteiger partial charge in [-0.3, -0.25) is 19.2 Å². The lowest BCUT2D eigenvalue weighted by Crippen LogP contribution is -2.18. The average Bonchev–Trinajstić information content (AvgIpc) is 0.847. The lowest BCUT2D eigenvalue weighted by molar-refractivity contribution is -0.141. The highest BCUT2D eigenvalue weighted by Gasteiger charge is 2.19. The molecule has 0 aliphatic heterocycles. The van der Waals surface area contributed by atoms with Crippen LogP contribution in [0.5, 0.6) is 40.2 Å². The zero-order valence-corrected chi connectivity index (χ0v) is 74.0. The van der Waals surface area contributed by atoms with E-state index in [9.17, 15) is 24.0 Å². The second-order valence-electron chi connectivity index (χ2n) is 34.0. The van der Waals surface area contributed by atoms with Crippen molar-refractivity contribution in [3.63, 3.8) is 0 Å². The average molecular weight is 1600 g/mol. The molecule has 0 spiro atoms. The molecule has 0 heterocycles. The molecule has 17 heteroatoms. The summed E-state index contributed by atoms with van der Waals surface area (Å²) in [5, 5.41) is 26.7. The van der Waals surface area contributed by atoms with Gasteiger partial charge in [0.15, 0.2) is 0 Å². The number of aliphatic hydroxyl groups is 1. The molecule has 626 valence electrons. The van der Waals surface area contributed by atoms with E-state index in [1.165, 1.54) is 38.9 Å². The molecule has 0 radical (unpaired) electrons. The van der Waals surface area contributed by atoms with Crippen LogP contribution in [0.3, 0.4) is 0 Å². The number of rotatable bonds is 28. The first-order valence-corrected chi connectivity index (χ1v) is 40.9. The van der Waals surface area contributed by atoms with Gasteiger partial charge in [0.1, 0.15) is 52.7 Å². The lowest BCUT2D eigenvalue weighted by Gasteiger charge is -2.19. The summed E-state index contributed by atoms with van der Waals surface area (Å²) in [6.07, 6.45) is 9.62. The topological polar surface area (TPSA) is 211 Å². The Morgan fingerprint density at radius 3 is 0.805 bits per heavy atom. The maximum absolute atomic E-state index is 11.7. The third-order valence-electron chi connectivity index (χ3n) is 17.1. The van der Waals surface area contributed by atoms with E-state index in [0.717, 1.165) is 64.4 Å². The molecular weight excluding hydrogens is 1460 g/mol. The number of alkyl halides is 2. The molecule has 0 unspecified atom stereocenters. The standard InChI is InChI=1S/C18H28O3.C16H23ClO2.2C15H22O3.C12H15ClO2.2C10H14O/c1-14(2)16-9-11-17(12-10-16)21-18(19)8-6-5-7-13-20-15(3)4;1-16(2,3)13-8-10-14(11-9-13)19-15(18)7-5-4-6-12-17;1-11(2)17-10-14(16)18-13-8-6-12(7-9-13)15(3,4)5;1-12(2)13-7-9-14(10-8-13)18-15(17)6-4-3-5-11-16;1-12(2,3)9-4-6-10(7-5-9)15-11(14)8-13;2*1-10(2,3)8-4-6-9(11)7-5-8/h9-12,14-15H,5-8,13H2,1-4H3;8-11H,4-7,12H2,1-3H3;6-9,11H,10H2,1-5H3;7-10,12,16H,3-6,11H2,1-2H3;4-7H,8H2,1-3H3;2*4-7,11H,1-3H3. The third kappa shape index (κ3) is 49.4. The summed E-state index contributed by atoms with van der Waals surface area (Å²) in [5.41, 5.74) is 9.29. The second-order valence-corrected chi connectivity index (χ2v) is 34.6. The zero-order valence-electron chi connectivity index (χ0n) is 72.5.